The summed E-state index contributed by atoms with van der Waals surface area (Å²) in [6.07, 6.45) is 7.64. The average Bonchev–Trinajstić information content (AvgIpc) is 2.61. The van der Waals surface area contributed by atoms with Gasteiger partial charge in [0.25, 0.3) is 0 Å². The number of nitriles is 1. The lowest BCUT2D eigenvalue weighted by atomic mass is 9.96. The quantitative estimate of drug-likeness (QED) is 0.939. The van der Waals surface area contributed by atoms with Crippen molar-refractivity contribution < 1.29 is 0 Å². The normalized spacial score (nSPS) is 15.3. The molecule has 0 spiro atoms. The third-order valence-electron chi connectivity index (χ3n) is 4.11. The number of nitrogens with one attached hydrogen (secondary N) is 1. The van der Waals surface area contributed by atoms with E-state index in [0.717, 1.165) is 25.5 Å². The van der Waals surface area contributed by atoms with Gasteiger partial charge in [-0.25, -0.2) is 4.98 Å². The molecule has 5 nitrogen and oxygen atoms in total. The second-order valence-corrected chi connectivity index (χ2v) is 5.56. The summed E-state index contributed by atoms with van der Waals surface area (Å²) < 4.78 is 0. The van der Waals surface area contributed by atoms with Gasteiger partial charge in [0.2, 0.25) is 0 Å². The van der Waals surface area contributed by atoms with E-state index in [2.05, 4.69) is 38.4 Å². The summed E-state index contributed by atoms with van der Waals surface area (Å²) in [6.45, 7) is 3.09. The zero-order valence-corrected chi connectivity index (χ0v) is 12.4. The molecule has 0 saturated carbocycles. The van der Waals surface area contributed by atoms with Crippen molar-refractivity contribution in [2.24, 2.45) is 5.92 Å². The van der Waals surface area contributed by atoms with Crippen molar-refractivity contribution >= 4 is 11.5 Å². The number of nitrogens with zero attached hydrogens (tertiary/aromatic N) is 4. The Morgan fingerprint density at radius 1 is 1.18 bits per heavy atom. The van der Waals surface area contributed by atoms with Crippen molar-refractivity contribution in [1.82, 2.24) is 9.97 Å². The molecule has 0 radical (unpaired) electrons. The highest BCUT2D eigenvalue weighted by Gasteiger charge is 2.19. The van der Waals surface area contributed by atoms with Gasteiger partial charge in [-0.3, -0.25) is 4.98 Å². The van der Waals surface area contributed by atoms with Crippen molar-refractivity contribution in [1.29, 1.82) is 5.26 Å². The largest absolute Gasteiger partial charge is 0.371 e. The molecule has 112 valence electrons. The molecule has 0 atom stereocenters. The smallest absolute Gasteiger partial charge is 0.125 e. The van der Waals surface area contributed by atoms with Gasteiger partial charge < -0.3 is 10.2 Å². The summed E-state index contributed by atoms with van der Waals surface area (Å²) in [5, 5.41) is 12.1. The predicted octanol–water partition coefficient (Wildman–Crippen LogP) is 2.68. The molecule has 0 amide bonds. The van der Waals surface area contributed by atoms with E-state index in [9.17, 15) is 0 Å². The third kappa shape index (κ3) is 3.53. The first-order chi connectivity index (χ1) is 10.8. The Balaban J connectivity index is 1.47. The first-order valence-electron chi connectivity index (χ1n) is 7.60. The van der Waals surface area contributed by atoms with E-state index in [1.165, 1.54) is 18.5 Å². The van der Waals surface area contributed by atoms with Crippen LogP contribution in [0.5, 0.6) is 0 Å². The Kier molecular flexibility index (Phi) is 4.50. The molecule has 0 aromatic carbocycles. The standard InChI is InChI=1S/C17H19N5/c18-11-15-1-2-17(21-13-15)20-12-14-5-9-22(10-6-14)16-3-7-19-8-4-16/h1-4,7-8,13-14H,5-6,9-10,12H2,(H,20,21). The minimum absolute atomic E-state index is 0.594. The van der Waals surface area contributed by atoms with Crippen molar-refractivity contribution in [3.8, 4) is 6.07 Å². The van der Waals surface area contributed by atoms with Crippen LogP contribution in [0.15, 0.2) is 42.9 Å². The fourth-order valence-electron chi connectivity index (χ4n) is 2.76. The van der Waals surface area contributed by atoms with Gasteiger partial charge in [-0.05, 0) is 43.0 Å². The Morgan fingerprint density at radius 3 is 2.59 bits per heavy atom. The SMILES string of the molecule is N#Cc1ccc(NCC2CCN(c3ccncc3)CC2)nc1. The molecule has 3 rings (SSSR count). The van der Waals surface area contributed by atoms with Gasteiger partial charge in [0.1, 0.15) is 11.9 Å². The number of rotatable bonds is 4. The molecule has 2 aromatic rings. The van der Waals surface area contributed by atoms with Gasteiger partial charge >= 0.3 is 0 Å². The van der Waals surface area contributed by atoms with E-state index in [1.54, 1.807) is 12.3 Å². The zero-order valence-electron chi connectivity index (χ0n) is 12.4. The first kappa shape index (κ1) is 14.3. The van der Waals surface area contributed by atoms with E-state index >= 15 is 0 Å². The van der Waals surface area contributed by atoms with Gasteiger partial charge in [-0.2, -0.15) is 5.26 Å². The van der Waals surface area contributed by atoms with E-state index in [1.807, 2.05) is 18.5 Å². The lowest BCUT2D eigenvalue weighted by Crippen LogP contribution is -2.35. The highest BCUT2D eigenvalue weighted by atomic mass is 15.1. The van der Waals surface area contributed by atoms with Crippen LogP contribution in [0.2, 0.25) is 0 Å². The van der Waals surface area contributed by atoms with Crippen LogP contribution >= 0.6 is 0 Å². The Morgan fingerprint density at radius 2 is 1.95 bits per heavy atom. The molecule has 1 saturated heterocycles. The second-order valence-electron chi connectivity index (χ2n) is 5.56. The topological polar surface area (TPSA) is 64.8 Å². The maximum atomic E-state index is 8.76. The second kappa shape index (κ2) is 6.90. The van der Waals surface area contributed by atoms with Crippen LogP contribution in [0, 0.1) is 17.2 Å². The van der Waals surface area contributed by atoms with Crippen LogP contribution in [-0.4, -0.2) is 29.6 Å². The molecule has 0 aliphatic carbocycles. The Hall–Kier alpha value is -2.61. The molecule has 1 N–H and O–H groups in total. The molecule has 2 aromatic heterocycles. The van der Waals surface area contributed by atoms with E-state index < -0.39 is 0 Å². The molecular weight excluding hydrogens is 274 g/mol. The lowest BCUT2D eigenvalue weighted by Gasteiger charge is -2.33. The monoisotopic (exact) mass is 293 g/mol. The number of hydrogen-bond acceptors (Lipinski definition) is 5. The van der Waals surface area contributed by atoms with Gasteiger partial charge in [-0.1, -0.05) is 0 Å². The highest BCUT2D eigenvalue weighted by Crippen LogP contribution is 2.22. The molecule has 1 aliphatic heterocycles. The van der Waals surface area contributed by atoms with Gasteiger partial charge in [0.15, 0.2) is 0 Å². The van der Waals surface area contributed by atoms with Crippen molar-refractivity contribution in [3.05, 3.63) is 48.4 Å². The molecule has 1 fully saturated rings. The molecule has 5 heteroatoms. The molecule has 22 heavy (non-hydrogen) atoms. The van der Waals surface area contributed by atoms with E-state index in [-0.39, 0.29) is 0 Å². The van der Waals surface area contributed by atoms with Gasteiger partial charge in [-0.15, -0.1) is 0 Å². The summed E-state index contributed by atoms with van der Waals surface area (Å²) in [7, 11) is 0. The highest BCUT2D eigenvalue weighted by molar-refractivity contribution is 5.45. The summed E-state index contributed by atoms with van der Waals surface area (Å²) in [5.41, 5.74) is 1.85. The minimum atomic E-state index is 0.594. The molecule has 0 bridgehead atoms. The van der Waals surface area contributed by atoms with Gasteiger partial charge in [0, 0.05) is 43.9 Å². The molecule has 1 aliphatic rings. The number of hydrogen-bond donors (Lipinski definition) is 1. The predicted molar refractivity (Wildman–Crippen MR) is 86.6 cm³/mol. The Labute approximate surface area is 130 Å². The number of pyridine rings is 2. The summed E-state index contributed by atoms with van der Waals surface area (Å²) in [4.78, 5) is 10.7. The van der Waals surface area contributed by atoms with Crippen LogP contribution in [0.1, 0.15) is 18.4 Å². The van der Waals surface area contributed by atoms with Crippen molar-refractivity contribution in [2.75, 3.05) is 29.9 Å². The minimum Gasteiger partial charge on any atom is -0.371 e. The summed E-state index contributed by atoms with van der Waals surface area (Å²) in [5.74, 6) is 1.51. The van der Waals surface area contributed by atoms with Crippen molar-refractivity contribution in [2.45, 2.75) is 12.8 Å². The summed E-state index contributed by atoms with van der Waals surface area (Å²) in [6, 6.07) is 9.88. The molecule has 0 unspecified atom stereocenters. The van der Waals surface area contributed by atoms with E-state index in [0.29, 0.717) is 11.5 Å². The van der Waals surface area contributed by atoms with Crippen LogP contribution in [0.25, 0.3) is 0 Å². The number of aromatic nitrogens is 2. The number of piperidine rings is 1. The number of anilines is 2. The maximum Gasteiger partial charge on any atom is 0.125 e. The molecule has 3 heterocycles. The average molecular weight is 293 g/mol. The van der Waals surface area contributed by atoms with Crippen LogP contribution in [-0.2, 0) is 0 Å². The van der Waals surface area contributed by atoms with Crippen LogP contribution < -0.4 is 10.2 Å². The zero-order chi connectivity index (χ0) is 15.2. The maximum absolute atomic E-state index is 8.76. The Bertz CT molecular complexity index is 624. The fourth-order valence-corrected chi connectivity index (χ4v) is 2.76. The first-order valence-corrected chi connectivity index (χ1v) is 7.60. The van der Waals surface area contributed by atoms with Crippen molar-refractivity contribution in [3.63, 3.8) is 0 Å². The van der Waals surface area contributed by atoms with Gasteiger partial charge in [0.05, 0.1) is 5.56 Å². The molecular formula is C17H19N5. The van der Waals surface area contributed by atoms with Crippen LogP contribution in [0.4, 0.5) is 11.5 Å². The summed E-state index contributed by atoms with van der Waals surface area (Å²) >= 11 is 0. The third-order valence-corrected chi connectivity index (χ3v) is 4.11. The van der Waals surface area contributed by atoms with E-state index in [4.69, 9.17) is 5.26 Å². The van der Waals surface area contributed by atoms with Crippen LogP contribution in [0.3, 0.4) is 0 Å². The lowest BCUT2D eigenvalue weighted by molar-refractivity contribution is 0.423. The fraction of sp³-hybridized carbons (Fsp3) is 0.353.